The van der Waals surface area contributed by atoms with Crippen molar-refractivity contribution in [2.45, 2.75) is 25.7 Å². The van der Waals surface area contributed by atoms with Gasteiger partial charge in [-0.05, 0) is 37.5 Å². The van der Waals surface area contributed by atoms with Crippen LogP contribution in [0.1, 0.15) is 25.7 Å². The van der Waals surface area contributed by atoms with Crippen LogP contribution in [0, 0.1) is 11.8 Å². The highest BCUT2D eigenvalue weighted by Crippen LogP contribution is 2.45. The topological polar surface area (TPSA) is 9.23 Å². The van der Waals surface area contributed by atoms with Crippen LogP contribution in [0.2, 0.25) is 0 Å². The number of hydrogen-bond acceptors (Lipinski definition) is 1. The SMILES string of the molecule is C1COCCC2CC2C1. The third-order valence-electron chi connectivity index (χ3n) is 2.57. The van der Waals surface area contributed by atoms with Crippen LogP contribution in [0.25, 0.3) is 0 Å². The van der Waals surface area contributed by atoms with Crippen molar-refractivity contribution in [3.63, 3.8) is 0 Å². The first kappa shape index (κ1) is 5.72. The summed E-state index contributed by atoms with van der Waals surface area (Å²) in [6, 6.07) is 0. The maximum absolute atomic E-state index is 5.37. The first-order valence-electron chi connectivity index (χ1n) is 4.04. The predicted molar refractivity (Wildman–Crippen MR) is 36.3 cm³/mol. The lowest BCUT2D eigenvalue weighted by atomic mass is 10.1. The van der Waals surface area contributed by atoms with Gasteiger partial charge in [0.2, 0.25) is 0 Å². The molecule has 1 heteroatoms. The molecule has 1 heterocycles. The van der Waals surface area contributed by atoms with Gasteiger partial charge in [-0.2, -0.15) is 0 Å². The van der Waals surface area contributed by atoms with Crippen LogP contribution >= 0.6 is 0 Å². The maximum atomic E-state index is 5.37. The molecule has 1 nitrogen and oxygen atoms in total. The highest BCUT2D eigenvalue weighted by Gasteiger charge is 2.36. The lowest BCUT2D eigenvalue weighted by Crippen LogP contribution is -2.02. The smallest absolute Gasteiger partial charge is 0.0468 e. The van der Waals surface area contributed by atoms with Crippen molar-refractivity contribution in [2.24, 2.45) is 11.8 Å². The van der Waals surface area contributed by atoms with Gasteiger partial charge in [-0.3, -0.25) is 0 Å². The fourth-order valence-corrected chi connectivity index (χ4v) is 1.80. The second-order valence-corrected chi connectivity index (χ2v) is 3.30. The molecule has 1 saturated heterocycles. The summed E-state index contributed by atoms with van der Waals surface area (Å²) in [6.07, 6.45) is 5.58. The van der Waals surface area contributed by atoms with Crippen molar-refractivity contribution in [3.05, 3.63) is 0 Å². The van der Waals surface area contributed by atoms with Crippen LogP contribution < -0.4 is 0 Å². The van der Waals surface area contributed by atoms with Gasteiger partial charge >= 0.3 is 0 Å². The van der Waals surface area contributed by atoms with E-state index in [1.54, 1.807) is 0 Å². The van der Waals surface area contributed by atoms with E-state index < -0.39 is 0 Å². The van der Waals surface area contributed by atoms with E-state index in [9.17, 15) is 0 Å². The van der Waals surface area contributed by atoms with Gasteiger partial charge in [0.1, 0.15) is 0 Å². The summed E-state index contributed by atoms with van der Waals surface area (Å²) in [7, 11) is 0. The van der Waals surface area contributed by atoms with Crippen LogP contribution in [-0.2, 0) is 4.74 Å². The van der Waals surface area contributed by atoms with E-state index in [1.165, 1.54) is 25.7 Å². The molecule has 0 aromatic carbocycles. The Balaban J connectivity index is 1.81. The molecule has 52 valence electrons. The van der Waals surface area contributed by atoms with Crippen LogP contribution in [0.4, 0.5) is 0 Å². The van der Waals surface area contributed by atoms with E-state index >= 15 is 0 Å². The monoisotopic (exact) mass is 126 g/mol. The standard InChI is InChI=1S/C8H14O/c1-2-7-6-8(7)3-5-9-4-1/h7-8H,1-6H2. The molecule has 0 N–H and O–H groups in total. The second-order valence-electron chi connectivity index (χ2n) is 3.30. The van der Waals surface area contributed by atoms with E-state index in [0.29, 0.717) is 0 Å². The molecule has 1 saturated carbocycles. The number of hydrogen-bond donors (Lipinski definition) is 0. The van der Waals surface area contributed by atoms with Crippen molar-refractivity contribution in [3.8, 4) is 0 Å². The second kappa shape index (κ2) is 2.30. The average Bonchev–Trinajstić information content (AvgIpc) is 2.46. The molecule has 0 aromatic rings. The molecule has 0 radical (unpaired) electrons. The highest BCUT2D eigenvalue weighted by atomic mass is 16.5. The molecule has 0 bridgehead atoms. The summed E-state index contributed by atoms with van der Waals surface area (Å²) < 4.78 is 5.37. The summed E-state index contributed by atoms with van der Waals surface area (Å²) in [5.41, 5.74) is 0. The van der Waals surface area contributed by atoms with Gasteiger partial charge in [0.25, 0.3) is 0 Å². The Hall–Kier alpha value is -0.0400. The average molecular weight is 126 g/mol. The largest absolute Gasteiger partial charge is 0.381 e. The summed E-state index contributed by atoms with van der Waals surface area (Å²) in [5.74, 6) is 2.17. The first-order chi connectivity index (χ1) is 4.47. The Morgan fingerprint density at radius 2 is 1.89 bits per heavy atom. The van der Waals surface area contributed by atoms with Gasteiger partial charge in [0.15, 0.2) is 0 Å². The molecule has 2 atom stereocenters. The molecule has 9 heavy (non-hydrogen) atoms. The number of fused-ring (bicyclic) bond motifs is 1. The molecule has 0 aromatic heterocycles. The lowest BCUT2D eigenvalue weighted by Gasteiger charge is -2.07. The molecule has 1 aliphatic carbocycles. The minimum absolute atomic E-state index is 1.02. The number of rotatable bonds is 0. The van der Waals surface area contributed by atoms with E-state index in [-0.39, 0.29) is 0 Å². The lowest BCUT2D eigenvalue weighted by molar-refractivity contribution is 0.114. The van der Waals surface area contributed by atoms with Crippen LogP contribution in [-0.4, -0.2) is 13.2 Å². The van der Waals surface area contributed by atoms with Gasteiger partial charge in [0, 0.05) is 13.2 Å². The van der Waals surface area contributed by atoms with Crippen LogP contribution in [0.3, 0.4) is 0 Å². The third kappa shape index (κ3) is 1.26. The van der Waals surface area contributed by atoms with Crippen molar-refractivity contribution < 1.29 is 4.74 Å². The fourth-order valence-electron chi connectivity index (χ4n) is 1.80. The van der Waals surface area contributed by atoms with Gasteiger partial charge in [-0.1, -0.05) is 0 Å². The Bertz CT molecular complexity index is 88.7. The molecule has 2 rings (SSSR count). The van der Waals surface area contributed by atoms with Gasteiger partial charge in [-0.25, -0.2) is 0 Å². The van der Waals surface area contributed by atoms with Crippen molar-refractivity contribution in [2.75, 3.05) is 13.2 Å². The quantitative estimate of drug-likeness (QED) is 0.481. The Morgan fingerprint density at radius 3 is 2.89 bits per heavy atom. The Kier molecular flexibility index (Phi) is 1.46. The van der Waals surface area contributed by atoms with Crippen LogP contribution in [0.15, 0.2) is 0 Å². The third-order valence-corrected chi connectivity index (χ3v) is 2.57. The summed E-state index contributed by atoms with van der Waals surface area (Å²) in [4.78, 5) is 0. The van der Waals surface area contributed by atoms with E-state index in [4.69, 9.17) is 4.74 Å². The van der Waals surface area contributed by atoms with Gasteiger partial charge in [0.05, 0.1) is 0 Å². The normalized spacial score (nSPS) is 42.7. The molecule has 1 aliphatic heterocycles. The predicted octanol–water partition coefficient (Wildman–Crippen LogP) is 1.82. The Morgan fingerprint density at radius 1 is 1.00 bits per heavy atom. The summed E-state index contributed by atoms with van der Waals surface area (Å²) in [5, 5.41) is 0. The zero-order valence-corrected chi connectivity index (χ0v) is 5.81. The fraction of sp³-hybridized carbons (Fsp3) is 1.00. The summed E-state index contributed by atoms with van der Waals surface area (Å²) in [6.45, 7) is 2.05. The maximum Gasteiger partial charge on any atom is 0.0468 e. The zero-order valence-electron chi connectivity index (χ0n) is 5.81. The van der Waals surface area contributed by atoms with Crippen molar-refractivity contribution in [1.29, 1.82) is 0 Å². The van der Waals surface area contributed by atoms with Crippen molar-refractivity contribution in [1.82, 2.24) is 0 Å². The molecule has 2 fully saturated rings. The molecular weight excluding hydrogens is 112 g/mol. The highest BCUT2D eigenvalue weighted by molar-refractivity contribution is 4.86. The molecule has 0 spiro atoms. The Labute approximate surface area is 56.4 Å². The molecule has 0 amide bonds. The zero-order chi connectivity index (χ0) is 6.10. The molecule has 2 aliphatic rings. The van der Waals surface area contributed by atoms with Gasteiger partial charge in [-0.15, -0.1) is 0 Å². The number of ether oxygens (including phenoxy) is 1. The van der Waals surface area contributed by atoms with E-state index in [1.807, 2.05) is 0 Å². The van der Waals surface area contributed by atoms with Crippen LogP contribution in [0.5, 0.6) is 0 Å². The first-order valence-corrected chi connectivity index (χ1v) is 4.04. The van der Waals surface area contributed by atoms with E-state index in [2.05, 4.69) is 0 Å². The minimum atomic E-state index is 1.02. The molecular formula is C8H14O. The van der Waals surface area contributed by atoms with Crippen molar-refractivity contribution >= 4 is 0 Å². The summed E-state index contributed by atoms with van der Waals surface area (Å²) >= 11 is 0. The molecule has 2 unspecified atom stereocenters. The van der Waals surface area contributed by atoms with E-state index in [0.717, 1.165) is 25.0 Å². The minimum Gasteiger partial charge on any atom is -0.381 e. The van der Waals surface area contributed by atoms with Gasteiger partial charge < -0.3 is 4.74 Å².